The average molecular weight is 345 g/mol. The zero-order valence-corrected chi connectivity index (χ0v) is 13.6. The molecular formula is C16H18BF2N5O. The Kier molecular flexibility index (Phi) is 3.71. The lowest BCUT2D eigenvalue weighted by atomic mass is 9.92. The Morgan fingerprint density at radius 1 is 1.52 bits per heavy atom. The van der Waals surface area contributed by atoms with Crippen molar-refractivity contribution in [2.24, 2.45) is 11.7 Å². The number of amides is 1. The van der Waals surface area contributed by atoms with E-state index in [9.17, 15) is 13.6 Å². The smallest absolute Gasteiger partial charge is 0.260 e. The zero-order valence-electron chi connectivity index (χ0n) is 13.6. The van der Waals surface area contributed by atoms with Crippen LogP contribution in [0.2, 0.25) is 0 Å². The Hall–Kier alpha value is -2.16. The van der Waals surface area contributed by atoms with Crippen LogP contribution in [0, 0.1) is 5.92 Å². The number of pyridine rings is 1. The Balaban J connectivity index is 1.71. The standard InChI is InChI=1S/C16H18BF2N5O/c17-10-5-21-14-12(13(10)24-3-1-2-8(20)7-24)11(6-22-14)23-15(25)9-4-16(9,18)19/h5-6,8-9H,1-4,7,20H2,(H,21,22)(H,23,25)/t8-,9?/m1/s1. The molecule has 1 unspecified atom stereocenters. The van der Waals surface area contributed by atoms with E-state index in [1.165, 1.54) is 0 Å². The number of aromatic amines is 1. The second kappa shape index (κ2) is 5.69. The van der Waals surface area contributed by atoms with Gasteiger partial charge in [0.05, 0.1) is 11.1 Å². The Morgan fingerprint density at radius 2 is 2.28 bits per heavy atom. The molecule has 1 aliphatic heterocycles. The number of carbonyl (C=O) groups excluding carboxylic acids is 1. The molecule has 2 aromatic heterocycles. The summed E-state index contributed by atoms with van der Waals surface area (Å²) in [4.78, 5) is 21.3. The number of nitrogens with one attached hydrogen (secondary N) is 2. The second-order valence-electron chi connectivity index (χ2n) is 6.84. The van der Waals surface area contributed by atoms with Crippen LogP contribution in [0.25, 0.3) is 11.0 Å². The molecule has 2 aliphatic rings. The summed E-state index contributed by atoms with van der Waals surface area (Å²) in [5.41, 5.74) is 8.23. The third-order valence-electron chi connectivity index (χ3n) is 4.88. The molecule has 0 aromatic carbocycles. The number of nitrogens with zero attached hydrogens (tertiary/aromatic N) is 2. The van der Waals surface area contributed by atoms with Crippen LogP contribution < -0.4 is 21.4 Å². The molecule has 3 heterocycles. The van der Waals surface area contributed by atoms with Gasteiger partial charge in [-0.25, -0.2) is 13.8 Å². The Bertz CT molecular complexity index is 839. The van der Waals surface area contributed by atoms with Gasteiger partial charge in [-0.05, 0) is 12.8 Å². The molecule has 25 heavy (non-hydrogen) atoms. The molecule has 2 radical (unpaired) electrons. The molecule has 0 spiro atoms. The first kappa shape index (κ1) is 16.3. The van der Waals surface area contributed by atoms with E-state index in [-0.39, 0.29) is 6.04 Å². The van der Waals surface area contributed by atoms with Gasteiger partial charge >= 0.3 is 0 Å². The van der Waals surface area contributed by atoms with E-state index >= 15 is 0 Å². The molecule has 2 fully saturated rings. The number of carbonyl (C=O) groups is 1. The van der Waals surface area contributed by atoms with Gasteiger partial charge in [-0.1, -0.05) is 5.46 Å². The highest BCUT2D eigenvalue weighted by Gasteiger charge is 2.61. The molecular weight excluding hydrogens is 327 g/mol. The highest BCUT2D eigenvalue weighted by Crippen LogP contribution is 2.49. The summed E-state index contributed by atoms with van der Waals surface area (Å²) in [6.07, 6.45) is 4.58. The van der Waals surface area contributed by atoms with Crippen molar-refractivity contribution in [1.29, 1.82) is 0 Å². The number of alkyl halides is 2. The minimum absolute atomic E-state index is 0.0403. The second-order valence-corrected chi connectivity index (χ2v) is 6.84. The number of halogens is 2. The number of H-pyrrole nitrogens is 1. The number of fused-ring (bicyclic) bond motifs is 1. The summed E-state index contributed by atoms with van der Waals surface area (Å²) in [5.74, 6) is -4.86. The molecule has 2 aromatic rings. The third-order valence-corrected chi connectivity index (χ3v) is 4.88. The first-order valence-electron chi connectivity index (χ1n) is 8.31. The highest BCUT2D eigenvalue weighted by atomic mass is 19.3. The van der Waals surface area contributed by atoms with Crippen LogP contribution in [-0.4, -0.2) is 48.8 Å². The first-order chi connectivity index (χ1) is 11.9. The molecule has 1 aliphatic carbocycles. The summed E-state index contributed by atoms with van der Waals surface area (Å²) in [5, 5.41) is 3.23. The molecule has 9 heteroatoms. The number of anilines is 2. The van der Waals surface area contributed by atoms with Gasteiger partial charge in [0.15, 0.2) is 0 Å². The number of aromatic nitrogens is 2. The molecule has 6 nitrogen and oxygen atoms in total. The maximum atomic E-state index is 13.1. The van der Waals surface area contributed by atoms with Gasteiger partial charge in [0.2, 0.25) is 5.91 Å². The van der Waals surface area contributed by atoms with Gasteiger partial charge in [0.1, 0.15) is 19.4 Å². The predicted octanol–water partition coefficient (Wildman–Crippen LogP) is 0.878. The van der Waals surface area contributed by atoms with E-state index in [0.29, 0.717) is 28.7 Å². The molecule has 1 amide bonds. The number of rotatable bonds is 3. The number of hydrogen-bond acceptors (Lipinski definition) is 4. The minimum atomic E-state index is -2.91. The number of nitrogens with two attached hydrogens (primary N) is 1. The number of hydrogen-bond donors (Lipinski definition) is 3. The lowest BCUT2D eigenvalue weighted by Gasteiger charge is -2.34. The van der Waals surface area contributed by atoms with E-state index in [0.717, 1.165) is 25.1 Å². The monoisotopic (exact) mass is 345 g/mol. The first-order valence-corrected chi connectivity index (χ1v) is 8.31. The fraction of sp³-hybridized carbons (Fsp3) is 0.500. The predicted molar refractivity (Wildman–Crippen MR) is 92.6 cm³/mol. The van der Waals surface area contributed by atoms with Gasteiger partial charge in [-0.2, -0.15) is 0 Å². The fourth-order valence-corrected chi connectivity index (χ4v) is 3.46. The van der Waals surface area contributed by atoms with E-state index in [2.05, 4.69) is 20.2 Å². The van der Waals surface area contributed by atoms with E-state index in [1.807, 2.05) is 0 Å². The van der Waals surface area contributed by atoms with Crippen molar-refractivity contribution >= 4 is 41.6 Å². The van der Waals surface area contributed by atoms with Crippen LogP contribution in [0.3, 0.4) is 0 Å². The quantitative estimate of drug-likeness (QED) is 0.721. The fourth-order valence-electron chi connectivity index (χ4n) is 3.46. The highest BCUT2D eigenvalue weighted by molar-refractivity contribution is 6.38. The lowest BCUT2D eigenvalue weighted by molar-refractivity contribution is -0.119. The SMILES string of the molecule is [B]c1cnc2[nH]cc(NC(=O)C3CC3(F)F)c2c1N1CCC[C@@H](N)C1. The molecule has 130 valence electrons. The molecule has 4 N–H and O–H groups in total. The van der Waals surface area contributed by atoms with Gasteiger partial charge in [-0.15, -0.1) is 0 Å². The largest absolute Gasteiger partial charge is 0.370 e. The molecule has 1 saturated carbocycles. The van der Waals surface area contributed by atoms with Crippen LogP contribution >= 0.6 is 0 Å². The van der Waals surface area contributed by atoms with Crippen molar-refractivity contribution in [3.05, 3.63) is 12.4 Å². The van der Waals surface area contributed by atoms with Gasteiger partial charge < -0.3 is 20.9 Å². The van der Waals surface area contributed by atoms with Crippen molar-refractivity contribution < 1.29 is 13.6 Å². The van der Waals surface area contributed by atoms with Gasteiger partial charge in [0, 0.05) is 43.6 Å². The summed E-state index contributed by atoms with van der Waals surface area (Å²) in [6.45, 7) is 1.43. The third kappa shape index (κ3) is 2.86. The molecule has 1 saturated heterocycles. The van der Waals surface area contributed by atoms with Crippen molar-refractivity contribution in [3.63, 3.8) is 0 Å². The van der Waals surface area contributed by atoms with Crippen molar-refractivity contribution in [1.82, 2.24) is 9.97 Å². The molecule has 2 atom stereocenters. The Morgan fingerprint density at radius 3 is 2.96 bits per heavy atom. The van der Waals surface area contributed by atoms with Gasteiger partial charge in [0.25, 0.3) is 5.92 Å². The molecule has 4 rings (SSSR count). The summed E-state index contributed by atoms with van der Waals surface area (Å²) < 4.78 is 26.3. The summed E-state index contributed by atoms with van der Waals surface area (Å²) >= 11 is 0. The average Bonchev–Trinajstić information content (AvgIpc) is 3.02. The maximum absolute atomic E-state index is 13.1. The normalized spacial score (nSPS) is 25.2. The van der Waals surface area contributed by atoms with Crippen molar-refractivity contribution in [3.8, 4) is 0 Å². The summed E-state index contributed by atoms with van der Waals surface area (Å²) in [6, 6.07) is 0.0403. The zero-order chi connectivity index (χ0) is 17.8. The van der Waals surface area contributed by atoms with Crippen LogP contribution in [0.5, 0.6) is 0 Å². The maximum Gasteiger partial charge on any atom is 0.260 e. The van der Waals surface area contributed by atoms with Crippen molar-refractivity contribution in [2.45, 2.75) is 31.2 Å². The topological polar surface area (TPSA) is 87.0 Å². The van der Waals surface area contributed by atoms with E-state index in [4.69, 9.17) is 13.6 Å². The van der Waals surface area contributed by atoms with Crippen LogP contribution in [0.1, 0.15) is 19.3 Å². The van der Waals surface area contributed by atoms with E-state index < -0.39 is 24.2 Å². The van der Waals surface area contributed by atoms with Gasteiger partial charge in [-0.3, -0.25) is 4.79 Å². The van der Waals surface area contributed by atoms with Crippen LogP contribution in [-0.2, 0) is 4.79 Å². The molecule has 0 bridgehead atoms. The van der Waals surface area contributed by atoms with Crippen LogP contribution in [0.15, 0.2) is 12.4 Å². The summed E-state index contributed by atoms with van der Waals surface area (Å²) in [7, 11) is 6.15. The minimum Gasteiger partial charge on any atom is -0.370 e. The van der Waals surface area contributed by atoms with Crippen molar-refractivity contribution in [2.75, 3.05) is 23.3 Å². The van der Waals surface area contributed by atoms with E-state index in [1.54, 1.807) is 12.4 Å². The Labute approximate surface area is 144 Å². The lowest BCUT2D eigenvalue weighted by Crippen LogP contribution is -2.44. The van der Waals surface area contributed by atoms with Crippen LogP contribution in [0.4, 0.5) is 20.2 Å². The number of piperidine rings is 1.